The van der Waals surface area contributed by atoms with E-state index in [-0.39, 0.29) is 0 Å². The Bertz CT molecular complexity index is 3430. The van der Waals surface area contributed by atoms with Crippen molar-refractivity contribution in [2.24, 2.45) is 0 Å². The average Bonchev–Trinajstić information content (AvgIpc) is 3.87. The molecule has 0 unspecified atom stereocenters. The molecule has 0 saturated carbocycles. The maximum absolute atomic E-state index is 7.00. The van der Waals surface area contributed by atoms with Crippen LogP contribution in [0.2, 0.25) is 0 Å². The van der Waals surface area contributed by atoms with Gasteiger partial charge in [0, 0.05) is 58.2 Å². The van der Waals surface area contributed by atoms with Gasteiger partial charge in [0.25, 0.3) is 0 Å². The minimum atomic E-state index is 0.903. The predicted octanol–water partition coefficient (Wildman–Crippen LogP) is 14.2. The number of benzene rings is 9. The van der Waals surface area contributed by atoms with Crippen molar-refractivity contribution in [1.29, 1.82) is 0 Å². The zero-order valence-electron chi connectivity index (χ0n) is 27.4. The molecular formula is C48H27NOS. The molecule has 3 aromatic heterocycles. The third kappa shape index (κ3) is 3.65. The number of rotatable bonds is 2. The highest BCUT2D eigenvalue weighted by molar-refractivity contribution is 7.25. The Labute approximate surface area is 296 Å². The van der Waals surface area contributed by atoms with Gasteiger partial charge >= 0.3 is 0 Å². The van der Waals surface area contributed by atoms with E-state index in [0.29, 0.717) is 0 Å². The molecule has 0 saturated heterocycles. The number of thiophene rings is 1. The molecular weight excluding hydrogens is 639 g/mol. The van der Waals surface area contributed by atoms with Crippen molar-refractivity contribution in [3.63, 3.8) is 0 Å². The molecule has 3 heterocycles. The van der Waals surface area contributed by atoms with Crippen LogP contribution in [0.5, 0.6) is 0 Å². The summed E-state index contributed by atoms with van der Waals surface area (Å²) in [7, 11) is 0. The summed E-state index contributed by atoms with van der Waals surface area (Å²) in [6.07, 6.45) is 0. The molecule has 51 heavy (non-hydrogen) atoms. The number of aromatic nitrogens is 1. The fraction of sp³-hybridized carbons (Fsp3) is 0. The van der Waals surface area contributed by atoms with E-state index in [4.69, 9.17) is 4.42 Å². The topological polar surface area (TPSA) is 18.1 Å². The van der Waals surface area contributed by atoms with Crippen LogP contribution in [0.3, 0.4) is 0 Å². The van der Waals surface area contributed by atoms with Crippen LogP contribution in [0.1, 0.15) is 0 Å². The lowest BCUT2D eigenvalue weighted by Crippen LogP contribution is -1.95. The first-order chi connectivity index (χ1) is 25.3. The van der Waals surface area contributed by atoms with Crippen LogP contribution in [0, 0.1) is 0 Å². The molecule has 0 aliphatic heterocycles. The second-order valence-electron chi connectivity index (χ2n) is 13.6. The Morgan fingerprint density at radius 1 is 0.392 bits per heavy atom. The van der Waals surface area contributed by atoms with Gasteiger partial charge in [-0.25, -0.2) is 0 Å². The minimum absolute atomic E-state index is 0.903. The molecule has 2 nitrogen and oxygen atoms in total. The minimum Gasteiger partial charge on any atom is -0.454 e. The van der Waals surface area contributed by atoms with Gasteiger partial charge in [-0.05, 0) is 75.1 Å². The summed E-state index contributed by atoms with van der Waals surface area (Å²) in [4.78, 5) is 0. The Morgan fingerprint density at radius 2 is 1.00 bits per heavy atom. The molecule has 0 amide bonds. The van der Waals surface area contributed by atoms with E-state index in [9.17, 15) is 0 Å². The van der Waals surface area contributed by atoms with Crippen molar-refractivity contribution in [3.05, 3.63) is 164 Å². The first-order valence-electron chi connectivity index (χ1n) is 17.4. The quantitative estimate of drug-likeness (QED) is 0.168. The highest BCUT2D eigenvalue weighted by Crippen LogP contribution is 2.50. The first-order valence-corrected chi connectivity index (χ1v) is 18.2. The number of para-hydroxylation sites is 2. The highest BCUT2D eigenvalue weighted by Gasteiger charge is 2.25. The van der Waals surface area contributed by atoms with Gasteiger partial charge in [0.2, 0.25) is 0 Å². The van der Waals surface area contributed by atoms with Gasteiger partial charge in [-0.2, -0.15) is 0 Å². The largest absolute Gasteiger partial charge is 0.454 e. The van der Waals surface area contributed by atoms with Gasteiger partial charge in [0.05, 0.1) is 11.0 Å². The molecule has 12 rings (SSSR count). The summed E-state index contributed by atoms with van der Waals surface area (Å²) < 4.78 is 12.1. The van der Waals surface area contributed by atoms with Gasteiger partial charge in [-0.15, -0.1) is 11.3 Å². The molecule has 0 bridgehead atoms. The molecule has 0 spiro atoms. The van der Waals surface area contributed by atoms with Crippen LogP contribution in [0.15, 0.2) is 168 Å². The maximum atomic E-state index is 7.00. The van der Waals surface area contributed by atoms with E-state index in [0.717, 1.165) is 33.3 Å². The van der Waals surface area contributed by atoms with Crippen LogP contribution >= 0.6 is 11.3 Å². The molecule has 0 fully saturated rings. The lowest BCUT2D eigenvalue weighted by molar-refractivity contribution is 0.671. The van der Waals surface area contributed by atoms with Crippen molar-refractivity contribution in [1.82, 2.24) is 4.57 Å². The summed E-state index contributed by atoms with van der Waals surface area (Å²) in [5.41, 5.74) is 7.61. The zero-order chi connectivity index (χ0) is 33.2. The maximum Gasteiger partial charge on any atom is 0.160 e. The van der Waals surface area contributed by atoms with Crippen molar-refractivity contribution in [2.45, 2.75) is 0 Å². The van der Waals surface area contributed by atoms with Gasteiger partial charge in [-0.3, -0.25) is 0 Å². The molecule has 0 aliphatic rings. The molecule has 236 valence electrons. The van der Waals surface area contributed by atoms with Gasteiger partial charge in [0.1, 0.15) is 5.58 Å². The van der Waals surface area contributed by atoms with E-state index in [1.807, 2.05) is 11.3 Å². The smallest absolute Gasteiger partial charge is 0.160 e. The number of fused-ring (bicyclic) bond motifs is 18. The lowest BCUT2D eigenvalue weighted by atomic mass is 9.89. The van der Waals surface area contributed by atoms with Crippen LogP contribution in [0.25, 0.3) is 113 Å². The summed E-state index contributed by atoms with van der Waals surface area (Å²) in [5.74, 6) is 0. The number of nitrogens with zero attached hydrogens (tertiary/aromatic N) is 1. The van der Waals surface area contributed by atoms with Crippen LogP contribution in [-0.4, -0.2) is 4.57 Å². The molecule has 0 N–H and O–H groups in total. The predicted molar refractivity (Wildman–Crippen MR) is 219 cm³/mol. The van der Waals surface area contributed by atoms with Gasteiger partial charge in [0.15, 0.2) is 5.58 Å². The summed E-state index contributed by atoms with van der Waals surface area (Å²) in [6.45, 7) is 0. The van der Waals surface area contributed by atoms with E-state index in [1.165, 1.54) is 79.8 Å². The second-order valence-corrected chi connectivity index (χ2v) is 14.7. The Hall–Kier alpha value is -6.42. The standard InChI is InChI=1S/C48H27NOS/c1-3-17-34-31(14-1)32-15-2-4-18-35(32)44-43(34)45-36-19-5-8-21-39(36)49(47(45)48-46(44)37-20-6-9-22-40(37)50-48)30-13-11-12-28(26-30)29-24-25-42-38(27-29)33-16-7-10-23-41(33)51-42/h1-27H. The molecule has 9 aromatic carbocycles. The van der Waals surface area contributed by atoms with Crippen molar-refractivity contribution in [3.8, 4) is 16.8 Å². The average molecular weight is 666 g/mol. The number of furan rings is 1. The molecule has 12 aromatic rings. The van der Waals surface area contributed by atoms with E-state index in [2.05, 4.69) is 168 Å². The summed E-state index contributed by atoms with van der Waals surface area (Å²) in [6, 6.07) is 59.8. The van der Waals surface area contributed by atoms with E-state index in [1.54, 1.807) is 0 Å². The van der Waals surface area contributed by atoms with Crippen LogP contribution in [0.4, 0.5) is 0 Å². The summed E-state index contributed by atoms with van der Waals surface area (Å²) >= 11 is 1.86. The van der Waals surface area contributed by atoms with Gasteiger partial charge in [-0.1, -0.05) is 121 Å². The molecule has 0 aliphatic carbocycles. The Balaban J connectivity index is 1.26. The van der Waals surface area contributed by atoms with Crippen molar-refractivity contribution in [2.75, 3.05) is 0 Å². The van der Waals surface area contributed by atoms with Gasteiger partial charge < -0.3 is 8.98 Å². The summed E-state index contributed by atoms with van der Waals surface area (Å²) in [5, 5.41) is 15.0. The Morgan fingerprint density at radius 3 is 1.80 bits per heavy atom. The SMILES string of the molecule is c1cc(-c2ccc3sc4ccccc4c3c2)cc(-n2c3ccccc3c3c4c5ccccc5c5ccccc5c4c4c5ccccc5oc4c32)c1. The lowest BCUT2D eigenvalue weighted by Gasteiger charge is -2.14. The van der Waals surface area contributed by atoms with E-state index < -0.39 is 0 Å². The fourth-order valence-electron chi connectivity index (χ4n) is 8.83. The fourth-order valence-corrected chi connectivity index (χ4v) is 9.91. The van der Waals surface area contributed by atoms with E-state index >= 15 is 0 Å². The molecule has 0 atom stereocenters. The number of hydrogen-bond acceptors (Lipinski definition) is 2. The zero-order valence-corrected chi connectivity index (χ0v) is 28.2. The second kappa shape index (κ2) is 10.1. The highest BCUT2D eigenvalue weighted by atomic mass is 32.1. The van der Waals surface area contributed by atoms with Crippen LogP contribution < -0.4 is 0 Å². The van der Waals surface area contributed by atoms with Crippen molar-refractivity contribution < 1.29 is 4.42 Å². The third-order valence-electron chi connectivity index (χ3n) is 10.9. The van der Waals surface area contributed by atoms with Crippen molar-refractivity contribution >= 4 is 108 Å². The third-order valence-corrected chi connectivity index (χ3v) is 12.1. The molecule has 3 heteroatoms. The number of hydrogen-bond donors (Lipinski definition) is 0. The first kappa shape index (κ1) is 27.4. The van der Waals surface area contributed by atoms with Crippen LogP contribution in [-0.2, 0) is 0 Å². The Kier molecular flexibility index (Phi) is 5.41. The monoisotopic (exact) mass is 665 g/mol. The molecule has 0 radical (unpaired) electrons. The normalized spacial score (nSPS) is 12.3.